The normalized spacial score (nSPS) is 22.9. The first-order chi connectivity index (χ1) is 8.61. The van der Waals surface area contributed by atoms with Crippen molar-refractivity contribution in [3.63, 3.8) is 0 Å². The Labute approximate surface area is 103 Å². The number of amides is 1. The van der Waals surface area contributed by atoms with E-state index in [0.29, 0.717) is 6.54 Å². The molecule has 2 rings (SSSR count). The van der Waals surface area contributed by atoms with E-state index in [2.05, 4.69) is 5.32 Å². The minimum Gasteiger partial charge on any atom is -0.395 e. The second-order valence-corrected chi connectivity index (χ2v) is 4.40. The Morgan fingerprint density at radius 1 is 1.56 bits per heavy atom. The fraction of sp³-hybridized carbons (Fsp3) is 0.545. The van der Waals surface area contributed by atoms with E-state index in [1.165, 1.54) is 12.1 Å². The highest BCUT2D eigenvalue weighted by Gasteiger charge is 2.28. The van der Waals surface area contributed by atoms with Gasteiger partial charge < -0.3 is 15.5 Å². The van der Waals surface area contributed by atoms with Crippen molar-refractivity contribution in [3.05, 3.63) is 28.0 Å². The summed E-state index contributed by atoms with van der Waals surface area (Å²) in [4.78, 5) is 21.6. The molecule has 0 spiro atoms. The number of nitrogens with one attached hydrogen (secondary N) is 1. The molecule has 1 aliphatic carbocycles. The summed E-state index contributed by atoms with van der Waals surface area (Å²) < 4.78 is 4.84. The van der Waals surface area contributed by atoms with E-state index in [1.807, 2.05) is 0 Å². The summed E-state index contributed by atoms with van der Waals surface area (Å²) in [6, 6.07) is 2.51. The van der Waals surface area contributed by atoms with Gasteiger partial charge in [0.25, 0.3) is 5.91 Å². The van der Waals surface area contributed by atoms with Crippen LogP contribution >= 0.6 is 0 Å². The molecule has 2 unspecified atom stereocenters. The molecule has 1 saturated carbocycles. The summed E-state index contributed by atoms with van der Waals surface area (Å²) in [5.74, 6) is -0.612. The van der Waals surface area contributed by atoms with Gasteiger partial charge in [0.05, 0.1) is 6.07 Å². The minimum atomic E-state index is -0.672. The second-order valence-electron chi connectivity index (χ2n) is 4.40. The molecular weight excluding hydrogens is 238 g/mol. The van der Waals surface area contributed by atoms with Gasteiger partial charge in [-0.25, -0.2) is 0 Å². The molecule has 0 bridgehead atoms. The van der Waals surface area contributed by atoms with Crippen molar-refractivity contribution in [3.8, 4) is 0 Å². The van der Waals surface area contributed by atoms with Gasteiger partial charge in [0.2, 0.25) is 0 Å². The average Bonchev–Trinajstić information content (AvgIpc) is 2.96. The number of nitrogens with two attached hydrogens (primary N) is 1. The van der Waals surface area contributed by atoms with Crippen LogP contribution in [0.4, 0.5) is 5.88 Å². The molecule has 1 aromatic heterocycles. The van der Waals surface area contributed by atoms with E-state index in [-0.39, 0.29) is 17.7 Å². The molecule has 7 heteroatoms. The Bertz CT molecular complexity index is 457. The van der Waals surface area contributed by atoms with Crippen molar-refractivity contribution >= 4 is 11.8 Å². The van der Waals surface area contributed by atoms with Crippen LogP contribution in [0.5, 0.6) is 0 Å². The van der Waals surface area contributed by atoms with Crippen molar-refractivity contribution in [1.82, 2.24) is 5.32 Å². The van der Waals surface area contributed by atoms with Gasteiger partial charge in [-0.05, 0) is 31.4 Å². The number of hydrogen-bond acceptors (Lipinski definition) is 5. The predicted octanol–water partition coefficient (Wildman–Crippen LogP) is 1.05. The van der Waals surface area contributed by atoms with E-state index < -0.39 is 16.7 Å². The number of furan rings is 1. The zero-order chi connectivity index (χ0) is 13.1. The van der Waals surface area contributed by atoms with E-state index in [9.17, 15) is 14.9 Å². The van der Waals surface area contributed by atoms with E-state index in [4.69, 9.17) is 10.2 Å². The third kappa shape index (κ3) is 2.51. The molecule has 2 atom stereocenters. The first-order valence-electron chi connectivity index (χ1n) is 5.87. The quantitative estimate of drug-likeness (QED) is 0.615. The molecular formula is C11H15N3O4. The lowest BCUT2D eigenvalue weighted by Crippen LogP contribution is -2.39. The molecule has 1 amide bonds. The summed E-state index contributed by atoms with van der Waals surface area (Å²) in [6.45, 7) is 0.531. The van der Waals surface area contributed by atoms with Crippen LogP contribution in [0, 0.1) is 16.0 Å². The van der Waals surface area contributed by atoms with Crippen LogP contribution in [0.3, 0.4) is 0 Å². The predicted molar refractivity (Wildman–Crippen MR) is 63.0 cm³/mol. The monoisotopic (exact) mass is 253 g/mol. The van der Waals surface area contributed by atoms with Crippen molar-refractivity contribution in [1.29, 1.82) is 0 Å². The summed E-state index contributed by atoms with van der Waals surface area (Å²) in [5.41, 5.74) is 5.62. The molecule has 1 fully saturated rings. The molecule has 0 aromatic carbocycles. The van der Waals surface area contributed by atoms with Crippen LogP contribution in [-0.4, -0.2) is 23.4 Å². The average molecular weight is 253 g/mol. The summed E-state index contributed by atoms with van der Waals surface area (Å²) in [6.07, 6.45) is 2.92. The van der Waals surface area contributed by atoms with Gasteiger partial charge in [0.1, 0.15) is 4.92 Å². The molecule has 1 heterocycles. The summed E-state index contributed by atoms with van der Waals surface area (Å²) in [5, 5.41) is 13.3. The Morgan fingerprint density at radius 3 is 2.94 bits per heavy atom. The Hall–Kier alpha value is -1.89. The van der Waals surface area contributed by atoms with Gasteiger partial charge in [-0.2, -0.15) is 0 Å². The third-order valence-corrected chi connectivity index (χ3v) is 3.27. The third-order valence-electron chi connectivity index (χ3n) is 3.27. The van der Waals surface area contributed by atoms with Crippen LogP contribution in [0.15, 0.2) is 16.5 Å². The van der Waals surface area contributed by atoms with Crippen molar-refractivity contribution in [2.24, 2.45) is 11.7 Å². The van der Waals surface area contributed by atoms with Gasteiger partial charge in [0, 0.05) is 6.04 Å². The van der Waals surface area contributed by atoms with E-state index in [0.717, 1.165) is 19.3 Å². The lowest BCUT2D eigenvalue weighted by Gasteiger charge is -2.18. The van der Waals surface area contributed by atoms with E-state index >= 15 is 0 Å². The second kappa shape index (κ2) is 5.18. The number of nitro groups is 1. The van der Waals surface area contributed by atoms with Gasteiger partial charge >= 0.3 is 5.88 Å². The van der Waals surface area contributed by atoms with Crippen LogP contribution in [-0.2, 0) is 0 Å². The van der Waals surface area contributed by atoms with Crippen LogP contribution < -0.4 is 11.1 Å². The van der Waals surface area contributed by atoms with E-state index in [1.54, 1.807) is 0 Å². The highest BCUT2D eigenvalue weighted by atomic mass is 16.6. The lowest BCUT2D eigenvalue weighted by molar-refractivity contribution is -0.402. The van der Waals surface area contributed by atoms with Crippen molar-refractivity contribution in [2.75, 3.05) is 6.54 Å². The molecule has 0 saturated heterocycles. The zero-order valence-electron chi connectivity index (χ0n) is 9.80. The first kappa shape index (κ1) is 12.6. The molecule has 0 radical (unpaired) electrons. The van der Waals surface area contributed by atoms with Crippen LogP contribution in [0.1, 0.15) is 29.8 Å². The number of carbonyl (C=O) groups is 1. The topological polar surface area (TPSA) is 111 Å². The molecule has 7 nitrogen and oxygen atoms in total. The fourth-order valence-corrected chi connectivity index (χ4v) is 2.30. The number of carbonyl (C=O) groups excluding carboxylic acids is 1. The Morgan fingerprint density at radius 2 is 2.33 bits per heavy atom. The molecule has 0 aliphatic heterocycles. The lowest BCUT2D eigenvalue weighted by atomic mass is 10.0. The molecule has 18 heavy (non-hydrogen) atoms. The minimum absolute atomic E-state index is 0.0339. The fourth-order valence-electron chi connectivity index (χ4n) is 2.30. The standard InChI is InChI=1S/C11H15N3O4/c12-6-7-2-1-3-8(7)13-11(15)9-4-5-10(18-9)14(16)17/h4-5,7-8H,1-3,6,12H2,(H,13,15). The number of rotatable bonds is 4. The maximum Gasteiger partial charge on any atom is 0.433 e. The van der Waals surface area contributed by atoms with Crippen LogP contribution in [0.25, 0.3) is 0 Å². The summed E-state index contributed by atoms with van der Waals surface area (Å²) >= 11 is 0. The Kier molecular flexibility index (Phi) is 3.61. The highest BCUT2D eigenvalue weighted by molar-refractivity contribution is 5.91. The van der Waals surface area contributed by atoms with Gasteiger partial charge in [-0.15, -0.1) is 0 Å². The van der Waals surface area contributed by atoms with Crippen LogP contribution in [0.2, 0.25) is 0 Å². The van der Waals surface area contributed by atoms with Crippen molar-refractivity contribution in [2.45, 2.75) is 25.3 Å². The molecule has 1 aliphatic rings. The Balaban J connectivity index is 2.00. The highest BCUT2D eigenvalue weighted by Crippen LogP contribution is 2.25. The number of hydrogen-bond donors (Lipinski definition) is 2. The van der Waals surface area contributed by atoms with Gasteiger partial charge in [0.15, 0.2) is 5.76 Å². The zero-order valence-corrected chi connectivity index (χ0v) is 9.80. The van der Waals surface area contributed by atoms with Gasteiger partial charge in [-0.3, -0.25) is 14.9 Å². The number of nitrogens with zero attached hydrogens (tertiary/aromatic N) is 1. The summed E-state index contributed by atoms with van der Waals surface area (Å²) in [7, 11) is 0. The first-order valence-corrected chi connectivity index (χ1v) is 5.87. The molecule has 98 valence electrons. The molecule has 1 aromatic rings. The SMILES string of the molecule is NCC1CCCC1NC(=O)c1ccc([N+](=O)[O-])o1. The van der Waals surface area contributed by atoms with Gasteiger partial charge in [-0.1, -0.05) is 6.42 Å². The van der Waals surface area contributed by atoms with Crippen molar-refractivity contribution < 1.29 is 14.1 Å². The molecule has 3 N–H and O–H groups in total. The smallest absolute Gasteiger partial charge is 0.395 e. The maximum absolute atomic E-state index is 11.8. The largest absolute Gasteiger partial charge is 0.433 e. The maximum atomic E-state index is 11.8.